The number of sulfonamides is 1. The van der Waals surface area contributed by atoms with Crippen molar-refractivity contribution in [3.63, 3.8) is 0 Å². The van der Waals surface area contributed by atoms with Crippen LogP contribution in [0, 0.1) is 13.8 Å². The Hall–Kier alpha value is -2.55. The molecule has 1 heterocycles. The average molecular weight is 467 g/mol. The molecule has 0 aliphatic heterocycles. The Labute approximate surface area is 185 Å². The number of nitrogens with zero attached hydrogens (tertiary/aromatic N) is 3. The fraction of sp³-hybridized carbons (Fsp3) is 0.200. The van der Waals surface area contributed by atoms with E-state index in [1.165, 1.54) is 24.4 Å². The minimum absolute atomic E-state index is 0.0544. The molecule has 158 valence electrons. The molecule has 0 saturated heterocycles. The van der Waals surface area contributed by atoms with Gasteiger partial charge in [0.1, 0.15) is 10.6 Å². The zero-order valence-electron chi connectivity index (χ0n) is 16.6. The lowest BCUT2D eigenvalue weighted by molar-refractivity contribution is 0.407. The average Bonchev–Trinajstić information content (AvgIpc) is 3.00. The third-order valence-corrected chi connectivity index (χ3v) is 6.24. The van der Waals surface area contributed by atoms with Gasteiger partial charge >= 0.3 is 0 Å². The minimum Gasteiger partial charge on any atom is -0.496 e. The maximum absolute atomic E-state index is 12.4. The number of rotatable bonds is 7. The summed E-state index contributed by atoms with van der Waals surface area (Å²) in [6.07, 6.45) is 1.40. The van der Waals surface area contributed by atoms with Crippen LogP contribution in [0.25, 0.3) is 0 Å². The summed E-state index contributed by atoms with van der Waals surface area (Å²) in [6, 6.07) is 11.6. The predicted octanol–water partition coefficient (Wildman–Crippen LogP) is 4.18. The number of hydrazone groups is 1. The van der Waals surface area contributed by atoms with Crippen LogP contribution in [-0.2, 0) is 16.6 Å². The van der Waals surface area contributed by atoms with Crippen molar-refractivity contribution in [1.29, 1.82) is 0 Å². The van der Waals surface area contributed by atoms with Crippen molar-refractivity contribution < 1.29 is 13.2 Å². The predicted molar refractivity (Wildman–Crippen MR) is 118 cm³/mol. The molecule has 1 N–H and O–H groups in total. The first-order valence-electron chi connectivity index (χ1n) is 8.87. The van der Waals surface area contributed by atoms with Crippen molar-refractivity contribution in [2.45, 2.75) is 25.3 Å². The van der Waals surface area contributed by atoms with Gasteiger partial charge in [-0.25, -0.2) is 4.83 Å². The van der Waals surface area contributed by atoms with E-state index in [4.69, 9.17) is 27.9 Å². The summed E-state index contributed by atoms with van der Waals surface area (Å²) < 4.78 is 32.2. The van der Waals surface area contributed by atoms with Gasteiger partial charge in [0, 0.05) is 16.3 Å². The number of hydrogen-bond acceptors (Lipinski definition) is 5. The first-order valence-corrected chi connectivity index (χ1v) is 11.1. The second-order valence-corrected chi connectivity index (χ2v) is 9.06. The van der Waals surface area contributed by atoms with Crippen molar-refractivity contribution >= 4 is 39.4 Å². The van der Waals surface area contributed by atoms with E-state index < -0.39 is 10.0 Å². The molecule has 7 nitrogen and oxygen atoms in total. The van der Waals surface area contributed by atoms with Gasteiger partial charge in [0.05, 0.1) is 30.6 Å². The van der Waals surface area contributed by atoms with Gasteiger partial charge in [-0.3, -0.25) is 4.68 Å². The number of benzene rings is 2. The number of aromatic nitrogens is 2. The van der Waals surface area contributed by atoms with Crippen LogP contribution in [-0.4, -0.2) is 31.5 Å². The number of hydrogen-bond donors (Lipinski definition) is 1. The highest BCUT2D eigenvalue weighted by Crippen LogP contribution is 2.25. The quantitative estimate of drug-likeness (QED) is 0.418. The van der Waals surface area contributed by atoms with Crippen LogP contribution in [0.15, 0.2) is 52.5 Å². The SMILES string of the molecule is COc1ccc(/C=N\NS(=O)(=O)c2cc(Cl)ccc2Cl)cc1Cn1nc(C)cc1C. The van der Waals surface area contributed by atoms with Crippen LogP contribution in [0.5, 0.6) is 5.75 Å². The zero-order valence-corrected chi connectivity index (χ0v) is 18.9. The van der Waals surface area contributed by atoms with Crippen LogP contribution < -0.4 is 9.57 Å². The molecule has 1 aromatic heterocycles. The molecule has 3 rings (SSSR count). The summed E-state index contributed by atoms with van der Waals surface area (Å²) in [5.74, 6) is 0.700. The Morgan fingerprint density at radius 3 is 2.60 bits per heavy atom. The van der Waals surface area contributed by atoms with Gasteiger partial charge in [-0.05, 0) is 61.9 Å². The molecule has 0 aliphatic carbocycles. The van der Waals surface area contributed by atoms with Crippen LogP contribution in [0.1, 0.15) is 22.5 Å². The fourth-order valence-electron chi connectivity index (χ4n) is 2.90. The summed E-state index contributed by atoms with van der Waals surface area (Å²) in [5.41, 5.74) is 3.53. The Morgan fingerprint density at radius 2 is 1.93 bits per heavy atom. The Bertz CT molecular complexity index is 1210. The van der Waals surface area contributed by atoms with Gasteiger partial charge in [-0.15, -0.1) is 0 Å². The van der Waals surface area contributed by atoms with Crippen LogP contribution in [0.4, 0.5) is 0 Å². The number of aryl methyl sites for hydroxylation is 2. The van der Waals surface area contributed by atoms with E-state index in [9.17, 15) is 8.42 Å². The largest absolute Gasteiger partial charge is 0.496 e. The molecule has 0 spiro atoms. The minimum atomic E-state index is -3.96. The molecule has 0 amide bonds. The number of halogens is 2. The molecule has 0 aliphatic rings. The molecular weight excluding hydrogens is 447 g/mol. The Morgan fingerprint density at radius 1 is 1.17 bits per heavy atom. The molecule has 0 unspecified atom stereocenters. The van der Waals surface area contributed by atoms with Gasteiger partial charge in [-0.2, -0.15) is 18.6 Å². The molecule has 10 heteroatoms. The lowest BCUT2D eigenvalue weighted by Gasteiger charge is -2.11. The maximum Gasteiger partial charge on any atom is 0.278 e. The van der Waals surface area contributed by atoms with Crippen LogP contribution >= 0.6 is 23.2 Å². The third kappa shape index (κ3) is 5.13. The van der Waals surface area contributed by atoms with Gasteiger partial charge in [0.2, 0.25) is 0 Å². The summed E-state index contributed by atoms with van der Waals surface area (Å²) in [7, 11) is -2.37. The van der Waals surface area contributed by atoms with E-state index in [2.05, 4.69) is 15.0 Å². The van der Waals surface area contributed by atoms with Gasteiger partial charge < -0.3 is 4.74 Å². The normalized spacial score (nSPS) is 11.8. The van der Waals surface area contributed by atoms with Gasteiger partial charge in [-0.1, -0.05) is 23.2 Å². The molecule has 2 aromatic carbocycles. The number of ether oxygens (including phenoxy) is 1. The molecule has 0 saturated carbocycles. The highest BCUT2D eigenvalue weighted by atomic mass is 35.5. The lowest BCUT2D eigenvalue weighted by atomic mass is 10.1. The molecule has 0 radical (unpaired) electrons. The van der Waals surface area contributed by atoms with Gasteiger partial charge in [0.15, 0.2) is 0 Å². The summed E-state index contributed by atoms with van der Waals surface area (Å²) in [4.78, 5) is 2.01. The summed E-state index contributed by atoms with van der Waals surface area (Å²) in [5, 5.41) is 8.64. The lowest BCUT2D eigenvalue weighted by Crippen LogP contribution is -2.18. The molecule has 0 bridgehead atoms. The second-order valence-electron chi connectivity index (χ2n) is 6.58. The van der Waals surface area contributed by atoms with E-state index in [1.807, 2.05) is 30.7 Å². The maximum atomic E-state index is 12.4. The standard InChI is InChI=1S/C20H20Cl2N4O3S/c1-13-8-14(2)26(24-13)12-16-9-15(4-7-19(16)29-3)11-23-25-30(27,28)20-10-17(21)5-6-18(20)22/h4-11,25H,12H2,1-3H3/b23-11-. The van der Waals surface area contributed by atoms with Crippen molar-refractivity contribution in [1.82, 2.24) is 14.6 Å². The van der Waals surface area contributed by atoms with Crippen molar-refractivity contribution in [2.75, 3.05) is 7.11 Å². The number of methoxy groups -OCH3 is 1. The highest BCUT2D eigenvalue weighted by molar-refractivity contribution is 7.89. The molecule has 3 aromatic rings. The van der Waals surface area contributed by atoms with E-state index in [0.29, 0.717) is 17.9 Å². The highest BCUT2D eigenvalue weighted by Gasteiger charge is 2.17. The summed E-state index contributed by atoms with van der Waals surface area (Å²) in [6.45, 7) is 4.42. The summed E-state index contributed by atoms with van der Waals surface area (Å²) >= 11 is 11.8. The third-order valence-electron chi connectivity index (χ3n) is 4.30. The van der Waals surface area contributed by atoms with Crippen molar-refractivity contribution in [3.05, 3.63) is 75.0 Å². The zero-order chi connectivity index (χ0) is 21.9. The monoisotopic (exact) mass is 466 g/mol. The first kappa shape index (κ1) is 22.1. The smallest absolute Gasteiger partial charge is 0.278 e. The van der Waals surface area contributed by atoms with E-state index >= 15 is 0 Å². The van der Waals surface area contributed by atoms with Gasteiger partial charge in [0.25, 0.3) is 10.0 Å². The van der Waals surface area contributed by atoms with E-state index in [1.54, 1.807) is 19.2 Å². The molecule has 0 fully saturated rings. The molecule has 0 atom stereocenters. The van der Waals surface area contributed by atoms with Crippen LogP contribution in [0.2, 0.25) is 10.0 Å². The van der Waals surface area contributed by atoms with Crippen LogP contribution in [0.3, 0.4) is 0 Å². The topological polar surface area (TPSA) is 85.6 Å². The fourth-order valence-corrected chi connectivity index (χ4v) is 4.46. The first-order chi connectivity index (χ1) is 14.2. The van der Waals surface area contributed by atoms with Crippen molar-refractivity contribution in [3.8, 4) is 5.75 Å². The van der Waals surface area contributed by atoms with Crippen molar-refractivity contribution in [2.24, 2.45) is 5.10 Å². The second kappa shape index (κ2) is 9.07. The number of nitrogens with one attached hydrogen (secondary N) is 1. The molecular formula is C20H20Cl2N4O3S. The Balaban J connectivity index is 1.82. The van der Waals surface area contributed by atoms with E-state index in [-0.39, 0.29) is 14.9 Å². The molecule has 30 heavy (non-hydrogen) atoms. The van der Waals surface area contributed by atoms with E-state index in [0.717, 1.165) is 17.0 Å². The Kier molecular flexibility index (Phi) is 6.70.